The molecule has 106 valence electrons. The minimum Gasteiger partial charge on any atom is -0.314 e. The lowest BCUT2D eigenvalue weighted by Crippen LogP contribution is -2.25. The summed E-state index contributed by atoms with van der Waals surface area (Å²) in [5, 5.41) is 0. The SMILES string of the molecule is CCCS(=O)(=O)Nc1cc(F)ccc1N(C)C(C)=O. The Morgan fingerprint density at radius 3 is 2.58 bits per heavy atom. The van der Waals surface area contributed by atoms with Crippen molar-refractivity contribution in [2.24, 2.45) is 0 Å². The Labute approximate surface area is 112 Å². The highest BCUT2D eigenvalue weighted by molar-refractivity contribution is 7.92. The van der Waals surface area contributed by atoms with Gasteiger partial charge in [-0.2, -0.15) is 0 Å². The van der Waals surface area contributed by atoms with E-state index in [0.29, 0.717) is 12.1 Å². The third-order valence-electron chi connectivity index (χ3n) is 2.53. The summed E-state index contributed by atoms with van der Waals surface area (Å²) in [6, 6.07) is 3.59. The van der Waals surface area contributed by atoms with E-state index in [1.807, 2.05) is 0 Å². The van der Waals surface area contributed by atoms with Gasteiger partial charge >= 0.3 is 0 Å². The molecule has 1 rings (SSSR count). The van der Waals surface area contributed by atoms with Crippen molar-refractivity contribution < 1.29 is 17.6 Å². The number of halogens is 1. The number of benzene rings is 1. The van der Waals surface area contributed by atoms with Crippen LogP contribution in [0.25, 0.3) is 0 Å². The molecule has 0 aliphatic carbocycles. The van der Waals surface area contributed by atoms with E-state index in [4.69, 9.17) is 0 Å². The van der Waals surface area contributed by atoms with Gasteiger partial charge in [-0.05, 0) is 18.6 Å². The lowest BCUT2D eigenvalue weighted by atomic mass is 10.2. The predicted octanol–water partition coefficient (Wildman–Crippen LogP) is 1.96. The maximum atomic E-state index is 13.2. The molecule has 0 aliphatic rings. The monoisotopic (exact) mass is 288 g/mol. The second-order valence-electron chi connectivity index (χ2n) is 4.16. The molecule has 5 nitrogen and oxygen atoms in total. The fourth-order valence-electron chi connectivity index (χ4n) is 1.54. The van der Waals surface area contributed by atoms with Gasteiger partial charge < -0.3 is 4.90 Å². The maximum absolute atomic E-state index is 13.2. The van der Waals surface area contributed by atoms with Crippen LogP contribution in [0.2, 0.25) is 0 Å². The van der Waals surface area contributed by atoms with E-state index < -0.39 is 15.8 Å². The lowest BCUT2D eigenvalue weighted by molar-refractivity contribution is -0.116. The first-order chi connectivity index (χ1) is 8.76. The standard InChI is InChI=1S/C12H17FN2O3S/c1-4-7-19(17,18)14-11-8-10(13)5-6-12(11)15(3)9(2)16/h5-6,8,14H,4,7H2,1-3H3. The first kappa shape index (κ1) is 15.4. The van der Waals surface area contributed by atoms with Gasteiger partial charge in [-0.15, -0.1) is 0 Å². The largest absolute Gasteiger partial charge is 0.314 e. The van der Waals surface area contributed by atoms with Crippen LogP contribution in [0.1, 0.15) is 20.3 Å². The molecule has 1 amide bonds. The van der Waals surface area contributed by atoms with E-state index in [-0.39, 0.29) is 17.3 Å². The zero-order valence-corrected chi connectivity index (χ0v) is 11.9. The highest BCUT2D eigenvalue weighted by Gasteiger charge is 2.16. The van der Waals surface area contributed by atoms with Gasteiger partial charge in [-0.3, -0.25) is 9.52 Å². The number of nitrogens with zero attached hydrogens (tertiary/aromatic N) is 1. The van der Waals surface area contributed by atoms with Crippen LogP contribution in [0.15, 0.2) is 18.2 Å². The smallest absolute Gasteiger partial charge is 0.232 e. The number of sulfonamides is 1. The average Bonchev–Trinajstić information content (AvgIpc) is 2.27. The summed E-state index contributed by atoms with van der Waals surface area (Å²) in [7, 11) is -2.04. The Morgan fingerprint density at radius 1 is 1.42 bits per heavy atom. The number of anilines is 2. The van der Waals surface area contributed by atoms with E-state index >= 15 is 0 Å². The number of carbonyl (C=O) groups is 1. The molecule has 0 unspecified atom stereocenters. The molecule has 0 saturated heterocycles. The molecular weight excluding hydrogens is 271 g/mol. The van der Waals surface area contributed by atoms with E-state index in [9.17, 15) is 17.6 Å². The minimum absolute atomic E-state index is 0.0613. The fraction of sp³-hybridized carbons (Fsp3) is 0.417. The molecule has 0 atom stereocenters. The normalized spacial score (nSPS) is 11.2. The molecule has 1 aromatic carbocycles. The molecule has 0 heterocycles. The zero-order chi connectivity index (χ0) is 14.6. The van der Waals surface area contributed by atoms with Crippen LogP contribution in [0.3, 0.4) is 0 Å². The second-order valence-corrected chi connectivity index (χ2v) is 6.00. The third-order valence-corrected chi connectivity index (χ3v) is 4.01. The Morgan fingerprint density at radius 2 is 2.05 bits per heavy atom. The van der Waals surface area contributed by atoms with Crippen molar-refractivity contribution >= 4 is 27.3 Å². The molecule has 0 aromatic heterocycles. The van der Waals surface area contributed by atoms with Crippen LogP contribution >= 0.6 is 0 Å². The molecule has 0 radical (unpaired) electrons. The van der Waals surface area contributed by atoms with Crippen molar-refractivity contribution in [2.75, 3.05) is 22.4 Å². The summed E-state index contributed by atoms with van der Waals surface area (Å²) in [6.45, 7) is 3.07. The lowest BCUT2D eigenvalue weighted by Gasteiger charge is -2.20. The first-order valence-corrected chi connectivity index (χ1v) is 7.46. The number of rotatable bonds is 5. The van der Waals surface area contributed by atoms with Gasteiger partial charge in [0.1, 0.15) is 5.82 Å². The van der Waals surface area contributed by atoms with Crippen molar-refractivity contribution in [3.8, 4) is 0 Å². The summed E-state index contributed by atoms with van der Waals surface area (Å²) in [5.74, 6) is -0.912. The third kappa shape index (κ3) is 4.20. The summed E-state index contributed by atoms with van der Waals surface area (Å²) >= 11 is 0. The first-order valence-electron chi connectivity index (χ1n) is 5.81. The molecule has 0 saturated carbocycles. The maximum Gasteiger partial charge on any atom is 0.232 e. The summed E-state index contributed by atoms with van der Waals surface area (Å²) in [6.07, 6.45) is 0.447. The van der Waals surface area contributed by atoms with Crippen molar-refractivity contribution in [1.82, 2.24) is 0 Å². The Kier molecular flexibility index (Phi) is 4.88. The van der Waals surface area contributed by atoms with Crippen molar-refractivity contribution in [1.29, 1.82) is 0 Å². The molecular formula is C12H17FN2O3S. The summed E-state index contributed by atoms with van der Waals surface area (Å²) in [5.41, 5.74) is 0.375. The van der Waals surface area contributed by atoms with Gasteiger partial charge in [0, 0.05) is 20.0 Å². The highest BCUT2D eigenvalue weighted by Crippen LogP contribution is 2.27. The molecule has 0 spiro atoms. The molecule has 0 aliphatic heterocycles. The Bertz CT molecular complexity index is 572. The van der Waals surface area contributed by atoms with Crippen LogP contribution < -0.4 is 9.62 Å². The molecule has 7 heteroatoms. The van der Waals surface area contributed by atoms with Crippen LogP contribution in [0, 0.1) is 5.82 Å². The predicted molar refractivity (Wildman–Crippen MR) is 73.2 cm³/mol. The van der Waals surface area contributed by atoms with Gasteiger partial charge in [0.25, 0.3) is 0 Å². The van der Waals surface area contributed by atoms with E-state index in [1.54, 1.807) is 6.92 Å². The van der Waals surface area contributed by atoms with Crippen LogP contribution in [0.5, 0.6) is 0 Å². The van der Waals surface area contributed by atoms with E-state index in [1.165, 1.54) is 31.0 Å². The number of nitrogens with one attached hydrogen (secondary N) is 1. The number of hydrogen-bond acceptors (Lipinski definition) is 3. The van der Waals surface area contributed by atoms with Crippen molar-refractivity contribution in [2.45, 2.75) is 20.3 Å². The Hall–Kier alpha value is -1.63. The quantitative estimate of drug-likeness (QED) is 0.900. The Balaban J connectivity index is 3.18. The number of hydrogen-bond donors (Lipinski definition) is 1. The molecule has 0 bridgehead atoms. The topological polar surface area (TPSA) is 66.5 Å². The zero-order valence-electron chi connectivity index (χ0n) is 11.1. The fourth-order valence-corrected chi connectivity index (χ4v) is 2.68. The van der Waals surface area contributed by atoms with Crippen LogP contribution in [0.4, 0.5) is 15.8 Å². The van der Waals surface area contributed by atoms with Crippen molar-refractivity contribution in [3.05, 3.63) is 24.0 Å². The van der Waals surface area contributed by atoms with Crippen molar-refractivity contribution in [3.63, 3.8) is 0 Å². The molecule has 19 heavy (non-hydrogen) atoms. The average molecular weight is 288 g/mol. The minimum atomic E-state index is -3.54. The van der Waals surface area contributed by atoms with E-state index in [0.717, 1.165) is 6.07 Å². The number of amides is 1. The summed E-state index contributed by atoms with van der Waals surface area (Å²) in [4.78, 5) is 12.6. The molecule has 0 fully saturated rings. The van der Waals surface area contributed by atoms with Gasteiger partial charge in [-0.25, -0.2) is 12.8 Å². The second kappa shape index (κ2) is 6.01. The summed E-state index contributed by atoms with van der Waals surface area (Å²) < 4.78 is 39.0. The molecule has 1 N–H and O–H groups in total. The number of carbonyl (C=O) groups excluding carboxylic acids is 1. The highest BCUT2D eigenvalue weighted by atomic mass is 32.2. The van der Waals surface area contributed by atoms with Gasteiger partial charge in [0.2, 0.25) is 15.9 Å². The van der Waals surface area contributed by atoms with Crippen LogP contribution in [-0.4, -0.2) is 27.1 Å². The van der Waals surface area contributed by atoms with Gasteiger partial charge in [0.05, 0.1) is 17.1 Å². The van der Waals surface area contributed by atoms with E-state index in [2.05, 4.69) is 4.72 Å². The van der Waals surface area contributed by atoms with Gasteiger partial charge in [0.15, 0.2) is 0 Å². The van der Waals surface area contributed by atoms with Gasteiger partial charge in [-0.1, -0.05) is 6.92 Å². The molecule has 1 aromatic rings. The van der Waals surface area contributed by atoms with Crippen LogP contribution in [-0.2, 0) is 14.8 Å².